The van der Waals surface area contributed by atoms with Crippen LogP contribution in [-0.2, 0) is 15.7 Å². The van der Waals surface area contributed by atoms with E-state index in [1.807, 2.05) is 0 Å². The number of carbonyl (C=O) groups is 1. The molecular formula is C12H14F3NO4. The fraction of sp³-hybridized carbons (Fsp3) is 0.417. The molecule has 1 aromatic rings. The van der Waals surface area contributed by atoms with Gasteiger partial charge in [0.25, 0.3) is 0 Å². The van der Waals surface area contributed by atoms with Gasteiger partial charge in [0.15, 0.2) is 6.29 Å². The minimum Gasteiger partial charge on any atom is -0.465 e. The van der Waals surface area contributed by atoms with Crippen LogP contribution >= 0.6 is 0 Å². The molecule has 0 saturated heterocycles. The van der Waals surface area contributed by atoms with E-state index in [-0.39, 0.29) is 11.3 Å². The van der Waals surface area contributed by atoms with Crippen molar-refractivity contribution in [3.63, 3.8) is 0 Å². The third kappa shape index (κ3) is 3.61. The highest BCUT2D eigenvalue weighted by Gasteiger charge is 2.32. The molecule has 0 fully saturated rings. The maximum atomic E-state index is 12.8. The Morgan fingerprint density at radius 1 is 1.25 bits per heavy atom. The summed E-state index contributed by atoms with van der Waals surface area (Å²) in [5.41, 5.74) is -1.02. The fourth-order valence-corrected chi connectivity index (χ4v) is 1.61. The average Bonchev–Trinajstić information content (AvgIpc) is 2.37. The van der Waals surface area contributed by atoms with Gasteiger partial charge in [0.2, 0.25) is 0 Å². The quantitative estimate of drug-likeness (QED) is 0.867. The maximum Gasteiger partial charge on any atom is 0.416 e. The van der Waals surface area contributed by atoms with Crippen LogP contribution in [0.1, 0.15) is 17.4 Å². The Labute approximate surface area is 113 Å². The van der Waals surface area contributed by atoms with Crippen LogP contribution in [0.25, 0.3) is 0 Å². The van der Waals surface area contributed by atoms with Gasteiger partial charge in [0.1, 0.15) is 0 Å². The van der Waals surface area contributed by atoms with E-state index in [0.717, 1.165) is 19.2 Å². The number of hydrogen-bond donors (Lipinski definition) is 1. The summed E-state index contributed by atoms with van der Waals surface area (Å²) in [7, 11) is 3.69. The molecule has 8 heteroatoms. The lowest BCUT2D eigenvalue weighted by Gasteiger charge is -2.20. The zero-order valence-corrected chi connectivity index (χ0v) is 11.1. The van der Waals surface area contributed by atoms with E-state index in [9.17, 15) is 18.0 Å². The number of rotatable bonds is 4. The van der Waals surface area contributed by atoms with Gasteiger partial charge in [-0.05, 0) is 18.2 Å². The minimum absolute atomic E-state index is 0.0768. The number of carboxylic acid groups (broad SMARTS) is 1. The molecule has 112 valence electrons. The van der Waals surface area contributed by atoms with Crippen LogP contribution in [-0.4, -0.2) is 32.5 Å². The Morgan fingerprint density at radius 2 is 1.80 bits per heavy atom. The first-order valence-corrected chi connectivity index (χ1v) is 5.45. The first-order valence-electron chi connectivity index (χ1n) is 5.45. The molecule has 0 aliphatic carbocycles. The van der Waals surface area contributed by atoms with Crippen molar-refractivity contribution in [1.29, 1.82) is 0 Å². The summed E-state index contributed by atoms with van der Waals surface area (Å²) in [5.74, 6) is 0. The highest BCUT2D eigenvalue weighted by atomic mass is 19.4. The molecular weight excluding hydrogens is 279 g/mol. The highest BCUT2D eigenvalue weighted by molar-refractivity contribution is 5.85. The van der Waals surface area contributed by atoms with Gasteiger partial charge in [-0.15, -0.1) is 0 Å². The highest BCUT2D eigenvalue weighted by Crippen LogP contribution is 2.35. The molecule has 0 unspecified atom stereocenters. The van der Waals surface area contributed by atoms with E-state index in [1.54, 1.807) is 0 Å². The lowest BCUT2D eigenvalue weighted by molar-refractivity contribution is -0.138. The Balaban J connectivity index is 3.39. The van der Waals surface area contributed by atoms with Crippen molar-refractivity contribution in [2.24, 2.45) is 0 Å². The van der Waals surface area contributed by atoms with Crippen LogP contribution in [0.15, 0.2) is 18.2 Å². The summed E-state index contributed by atoms with van der Waals surface area (Å²) in [4.78, 5) is 11.5. The first kappa shape index (κ1) is 16.3. The molecule has 0 heterocycles. The molecule has 1 rings (SSSR count). The SMILES string of the molecule is COC(OC)c1cc(N(C)C(=O)O)cc(C(F)(F)F)c1. The molecule has 0 aliphatic rings. The molecule has 0 aromatic heterocycles. The van der Waals surface area contributed by atoms with E-state index in [2.05, 4.69) is 0 Å². The number of alkyl halides is 3. The molecule has 20 heavy (non-hydrogen) atoms. The number of methoxy groups -OCH3 is 2. The largest absolute Gasteiger partial charge is 0.465 e. The van der Waals surface area contributed by atoms with Crippen molar-refractivity contribution < 1.29 is 32.5 Å². The standard InChI is InChI=1S/C12H14F3NO4/c1-16(11(17)18)9-5-7(10(19-2)20-3)4-8(6-9)12(13,14)15/h4-6,10H,1-3H3,(H,17,18). The number of benzene rings is 1. The third-order valence-electron chi connectivity index (χ3n) is 2.64. The van der Waals surface area contributed by atoms with Crippen molar-refractivity contribution in [1.82, 2.24) is 0 Å². The van der Waals surface area contributed by atoms with Crippen LogP contribution < -0.4 is 4.90 Å². The number of ether oxygens (including phenoxy) is 2. The van der Waals surface area contributed by atoms with E-state index in [1.165, 1.54) is 20.3 Å². The van der Waals surface area contributed by atoms with E-state index >= 15 is 0 Å². The van der Waals surface area contributed by atoms with Gasteiger partial charge in [0.05, 0.1) is 5.56 Å². The molecule has 1 N–H and O–H groups in total. The third-order valence-corrected chi connectivity index (χ3v) is 2.64. The maximum absolute atomic E-state index is 12.8. The first-order chi connectivity index (χ1) is 9.20. The summed E-state index contributed by atoms with van der Waals surface area (Å²) in [6.45, 7) is 0. The number of halogens is 3. The van der Waals surface area contributed by atoms with Gasteiger partial charge in [0, 0.05) is 32.5 Å². The Hall–Kier alpha value is -1.80. The molecule has 5 nitrogen and oxygen atoms in total. The van der Waals surface area contributed by atoms with Gasteiger partial charge in [-0.2, -0.15) is 13.2 Å². The van der Waals surface area contributed by atoms with Crippen molar-refractivity contribution in [2.45, 2.75) is 12.5 Å². The molecule has 0 spiro atoms. The Morgan fingerprint density at radius 3 is 2.20 bits per heavy atom. The summed E-state index contributed by atoms with van der Waals surface area (Å²) >= 11 is 0. The molecule has 1 amide bonds. The number of nitrogens with zero attached hydrogens (tertiary/aromatic N) is 1. The molecule has 0 aliphatic heterocycles. The van der Waals surface area contributed by atoms with Gasteiger partial charge in [-0.25, -0.2) is 4.79 Å². The molecule has 0 radical (unpaired) electrons. The summed E-state index contributed by atoms with van der Waals surface area (Å²) in [5, 5.41) is 8.86. The van der Waals surface area contributed by atoms with Crippen molar-refractivity contribution in [3.8, 4) is 0 Å². The minimum atomic E-state index is -4.60. The predicted molar refractivity (Wildman–Crippen MR) is 64.6 cm³/mol. The summed E-state index contributed by atoms with van der Waals surface area (Å²) < 4.78 is 48.3. The van der Waals surface area contributed by atoms with E-state index in [4.69, 9.17) is 14.6 Å². The van der Waals surface area contributed by atoms with Gasteiger partial charge >= 0.3 is 12.3 Å². The second kappa shape index (κ2) is 6.10. The fourth-order valence-electron chi connectivity index (χ4n) is 1.61. The predicted octanol–water partition coefficient (Wildman–Crippen LogP) is 3.11. The van der Waals surface area contributed by atoms with Gasteiger partial charge in [-0.1, -0.05) is 0 Å². The zero-order valence-electron chi connectivity index (χ0n) is 11.1. The van der Waals surface area contributed by atoms with Crippen molar-refractivity contribution in [2.75, 3.05) is 26.2 Å². The number of anilines is 1. The van der Waals surface area contributed by atoms with E-state index < -0.39 is 24.1 Å². The topological polar surface area (TPSA) is 59.0 Å². The Bertz CT molecular complexity index is 486. The lowest BCUT2D eigenvalue weighted by Crippen LogP contribution is -2.24. The lowest BCUT2D eigenvalue weighted by atomic mass is 10.1. The van der Waals surface area contributed by atoms with Gasteiger partial charge < -0.3 is 14.6 Å². The molecule has 0 bridgehead atoms. The van der Waals surface area contributed by atoms with Crippen molar-refractivity contribution >= 4 is 11.8 Å². The van der Waals surface area contributed by atoms with Crippen LogP contribution in [0.5, 0.6) is 0 Å². The Kier molecular flexibility index (Phi) is 4.96. The van der Waals surface area contributed by atoms with Crippen LogP contribution in [0, 0.1) is 0 Å². The van der Waals surface area contributed by atoms with Crippen molar-refractivity contribution in [3.05, 3.63) is 29.3 Å². The van der Waals surface area contributed by atoms with E-state index in [0.29, 0.717) is 4.90 Å². The second-order valence-electron chi connectivity index (χ2n) is 3.96. The van der Waals surface area contributed by atoms with Crippen LogP contribution in [0.2, 0.25) is 0 Å². The zero-order chi connectivity index (χ0) is 15.5. The summed E-state index contributed by atoms with van der Waals surface area (Å²) in [6.07, 6.45) is -6.99. The molecule has 0 saturated carbocycles. The van der Waals surface area contributed by atoms with Crippen LogP contribution in [0.3, 0.4) is 0 Å². The van der Waals surface area contributed by atoms with Crippen LogP contribution in [0.4, 0.5) is 23.7 Å². The van der Waals surface area contributed by atoms with Gasteiger partial charge in [-0.3, -0.25) is 4.90 Å². The number of amides is 1. The average molecular weight is 293 g/mol. The smallest absolute Gasteiger partial charge is 0.416 e. The number of hydrogen-bond acceptors (Lipinski definition) is 3. The molecule has 0 atom stereocenters. The molecule has 1 aromatic carbocycles. The summed E-state index contributed by atoms with van der Waals surface area (Å²) in [6, 6.07) is 2.87. The monoisotopic (exact) mass is 293 g/mol. The second-order valence-corrected chi connectivity index (χ2v) is 3.96. The normalized spacial score (nSPS) is 11.8.